The van der Waals surface area contributed by atoms with Gasteiger partial charge in [0.1, 0.15) is 0 Å². The first-order valence-corrected chi connectivity index (χ1v) is 23.1. The zero-order valence-corrected chi connectivity index (χ0v) is 34.9. The molecule has 0 N–H and O–H groups in total. The van der Waals surface area contributed by atoms with Crippen LogP contribution < -0.4 is 0 Å². The smallest absolute Gasteiger partial charge is 0.0449 e. The van der Waals surface area contributed by atoms with Gasteiger partial charge in [-0.15, -0.1) is 45.3 Å². The second kappa shape index (κ2) is 17.9. The number of benzene rings is 3. The van der Waals surface area contributed by atoms with Crippen LogP contribution in [-0.2, 0) is 12.8 Å². The molecule has 4 aromatic heterocycles. The van der Waals surface area contributed by atoms with Gasteiger partial charge in [-0.2, -0.15) is 0 Å². The number of fused-ring (bicyclic) bond motifs is 2. The van der Waals surface area contributed by atoms with Crippen LogP contribution >= 0.6 is 45.3 Å². The summed E-state index contributed by atoms with van der Waals surface area (Å²) >= 11 is 7.86. The van der Waals surface area contributed by atoms with Crippen molar-refractivity contribution in [3.63, 3.8) is 0 Å². The minimum Gasteiger partial charge on any atom is -0.139 e. The van der Waals surface area contributed by atoms with Crippen LogP contribution in [0.2, 0.25) is 0 Å². The number of hydrogen-bond donors (Lipinski definition) is 0. The zero-order chi connectivity index (χ0) is 35.9. The summed E-state index contributed by atoms with van der Waals surface area (Å²) < 4.78 is 0. The molecule has 7 aromatic rings. The lowest BCUT2D eigenvalue weighted by Gasteiger charge is -2.11. The van der Waals surface area contributed by atoms with E-state index in [9.17, 15) is 0 Å². The molecule has 0 fully saturated rings. The first-order chi connectivity index (χ1) is 25.5. The summed E-state index contributed by atoms with van der Waals surface area (Å²) in [5, 5.41) is 5.28. The Bertz CT molecular complexity index is 2060. The second-order valence-corrected chi connectivity index (χ2v) is 19.3. The fourth-order valence-corrected chi connectivity index (χ4v) is 12.0. The van der Waals surface area contributed by atoms with Crippen molar-refractivity contribution in [3.05, 3.63) is 106 Å². The van der Waals surface area contributed by atoms with E-state index in [4.69, 9.17) is 0 Å². The molecule has 0 atom stereocenters. The normalized spacial score (nSPS) is 11.8. The van der Waals surface area contributed by atoms with E-state index in [0.717, 1.165) is 0 Å². The minimum atomic E-state index is 1.22. The van der Waals surface area contributed by atoms with Crippen LogP contribution in [0.4, 0.5) is 0 Å². The van der Waals surface area contributed by atoms with Gasteiger partial charge in [-0.25, -0.2) is 0 Å². The zero-order valence-electron chi connectivity index (χ0n) is 31.6. The molecule has 7 rings (SSSR count). The van der Waals surface area contributed by atoms with Crippen molar-refractivity contribution in [3.8, 4) is 40.4 Å². The van der Waals surface area contributed by atoms with Crippen LogP contribution in [0.1, 0.15) is 112 Å². The minimum absolute atomic E-state index is 1.22. The number of unbranched alkanes of at least 4 members (excludes halogenated alkanes) is 10. The summed E-state index contributed by atoms with van der Waals surface area (Å²) in [4.78, 5) is 11.4. The number of thiophene rings is 4. The highest BCUT2D eigenvalue weighted by Gasteiger charge is 2.14. The van der Waals surface area contributed by atoms with Crippen molar-refractivity contribution in [1.29, 1.82) is 0 Å². The Hall–Kier alpha value is -3.02. The third-order valence-electron chi connectivity index (χ3n) is 10.6. The van der Waals surface area contributed by atoms with E-state index in [1.165, 1.54) is 173 Å². The lowest BCUT2D eigenvalue weighted by atomic mass is 9.95. The lowest BCUT2D eigenvalue weighted by molar-refractivity contribution is 0.609. The van der Waals surface area contributed by atoms with E-state index in [1.54, 1.807) is 0 Å². The second-order valence-electron chi connectivity index (χ2n) is 14.8. The van der Waals surface area contributed by atoms with Crippen LogP contribution in [0.15, 0.2) is 84.9 Å². The molecular formula is C48H54S4. The Morgan fingerprint density at radius 2 is 0.692 bits per heavy atom. The Kier molecular flexibility index (Phi) is 12.8. The largest absolute Gasteiger partial charge is 0.139 e. The Morgan fingerprint density at radius 1 is 0.346 bits per heavy atom. The van der Waals surface area contributed by atoms with Crippen LogP contribution in [0, 0.1) is 13.8 Å². The van der Waals surface area contributed by atoms with E-state index in [0.29, 0.717) is 0 Å². The highest BCUT2D eigenvalue weighted by molar-refractivity contribution is 7.24. The number of aryl methyl sites for hydroxylation is 4. The molecule has 4 heteroatoms. The van der Waals surface area contributed by atoms with Crippen molar-refractivity contribution in [2.45, 2.75) is 118 Å². The van der Waals surface area contributed by atoms with E-state index >= 15 is 0 Å². The monoisotopic (exact) mass is 758 g/mol. The Balaban J connectivity index is 1.05. The SMILES string of the molecule is CCCCCCCCc1ccc(-c2ccc(-c3cc4cc5cc(C)c(-c6ccc(-c7ccc(CCCCCCCC)s7)s6)cc5cc4cc3C)s2)s1. The molecule has 0 bridgehead atoms. The van der Waals surface area contributed by atoms with Gasteiger partial charge in [-0.3, -0.25) is 0 Å². The molecule has 0 unspecified atom stereocenters. The van der Waals surface area contributed by atoms with E-state index in [1.807, 2.05) is 45.3 Å². The molecule has 0 aliphatic rings. The molecule has 52 heavy (non-hydrogen) atoms. The molecule has 0 aliphatic carbocycles. The highest BCUT2D eigenvalue weighted by atomic mass is 32.1. The predicted octanol–water partition coefficient (Wildman–Crippen LogP) is 17.3. The predicted molar refractivity (Wildman–Crippen MR) is 238 cm³/mol. The van der Waals surface area contributed by atoms with Crippen molar-refractivity contribution < 1.29 is 0 Å². The van der Waals surface area contributed by atoms with Gasteiger partial charge in [0.25, 0.3) is 0 Å². The summed E-state index contributed by atoms with van der Waals surface area (Å²) in [5.41, 5.74) is 5.40. The maximum atomic E-state index is 2.43. The Morgan fingerprint density at radius 3 is 1.13 bits per heavy atom. The van der Waals surface area contributed by atoms with Gasteiger partial charge in [-0.1, -0.05) is 90.2 Å². The first-order valence-electron chi connectivity index (χ1n) is 19.9. The van der Waals surface area contributed by atoms with Crippen LogP contribution in [0.3, 0.4) is 0 Å². The molecule has 270 valence electrons. The number of hydrogen-bond acceptors (Lipinski definition) is 4. The van der Waals surface area contributed by atoms with Gasteiger partial charge >= 0.3 is 0 Å². The standard InChI is InChI=1S/C48H54S4/c1-5-7-9-11-13-15-17-39-19-21-45(49-39)47-25-23-43(51-47)41-31-37-29-36-28-34(4)42(32-38(36)30-35(37)27-33(41)3)44-24-26-48(52-44)46-22-20-40(50-46)18-16-14-12-10-8-6-2/h19-32H,5-18H2,1-4H3. The molecule has 0 saturated heterocycles. The molecule has 0 amide bonds. The third-order valence-corrected chi connectivity index (χ3v) is 15.5. The van der Waals surface area contributed by atoms with Gasteiger partial charge in [0.2, 0.25) is 0 Å². The number of rotatable bonds is 18. The van der Waals surface area contributed by atoms with E-state index in [-0.39, 0.29) is 0 Å². The maximum Gasteiger partial charge on any atom is 0.0449 e. The van der Waals surface area contributed by atoms with Crippen LogP contribution in [-0.4, -0.2) is 0 Å². The quantitative estimate of drug-likeness (QED) is 0.0604. The maximum absolute atomic E-state index is 2.43. The summed E-state index contributed by atoms with van der Waals surface area (Å²) in [6, 6.07) is 33.2. The van der Waals surface area contributed by atoms with E-state index in [2.05, 4.69) is 113 Å². The van der Waals surface area contributed by atoms with Gasteiger partial charge < -0.3 is 0 Å². The van der Waals surface area contributed by atoms with E-state index < -0.39 is 0 Å². The van der Waals surface area contributed by atoms with Crippen molar-refractivity contribution in [2.75, 3.05) is 0 Å². The average Bonchev–Trinajstić information content (AvgIpc) is 3.98. The fourth-order valence-electron chi connectivity index (χ4n) is 7.54. The molecule has 0 nitrogen and oxygen atoms in total. The molecule has 4 heterocycles. The highest BCUT2D eigenvalue weighted by Crippen LogP contribution is 2.43. The fraction of sp³-hybridized carbons (Fsp3) is 0.375. The summed E-state index contributed by atoms with van der Waals surface area (Å²) in [5.74, 6) is 0. The average molecular weight is 759 g/mol. The van der Waals surface area contributed by atoms with Crippen molar-refractivity contribution in [2.24, 2.45) is 0 Å². The van der Waals surface area contributed by atoms with Gasteiger partial charge in [-0.05, 0) is 156 Å². The molecule has 0 aliphatic heterocycles. The topological polar surface area (TPSA) is 0 Å². The van der Waals surface area contributed by atoms with Crippen LogP contribution in [0.25, 0.3) is 61.9 Å². The first kappa shape index (κ1) is 37.3. The van der Waals surface area contributed by atoms with Gasteiger partial charge in [0.15, 0.2) is 0 Å². The third kappa shape index (κ3) is 9.01. The molecule has 0 radical (unpaired) electrons. The molecular weight excluding hydrogens is 705 g/mol. The summed E-state index contributed by atoms with van der Waals surface area (Å²) in [6.07, 6.45) is 18.7. The molecule has 3 aromatic carbocycles. The summed E-state index contributed by atoms with van der Waals surface area (Å²) in [7, 11) is 0. The Labute approximate surface area is 328 Å². The lowest BCUT2D eigenvalue weighted by Crippen LogP contribution is -1.86. The summed E-state index contributed by atoms with van der Waals surface area (Å²) in [6.45, 7) is 9.14. The van der Waals surface area contributed by atoms with Crippen LogP contribution in [0.5, 0.6) is 0 Å². The van der Waals surface area contributed by atoms with Gasteiger partial charge in [0, 0.05) is 39.0 Å². The van der Waals surface area contributed by atoms with Crippen molar-refractivity contribution >= 4 is 66.9 Å². The molecule has 0 spiro atoms. The van der Waals surface area contributed by atoms with Crippen molar-refractivity contribution in [1.82, 2.24) is 0 Å². The van der Waals surface area contributed by atoms with Gasteiger partial charge in [0.05, 0.1) is 0 Å². The molecule has 0 saturated carbocycles.